The van der Waals surface area contributed by atoms with Gasteiger partial charge in [-0.3, -0.25) is 0 Å². The minimum Gasteiger partial charge on any atom is -0.313 e. The van der Waals surface area contributed by atoms with Crippen molar-refractivity contribution in [1.82, 2.24) is 5.32 Å². The Morgan fingerprint density at radius 3 is 2.56 bits per heavy atom. The smallest absolute Gasteiger partial charge is 0.0134 e. The van der Waals surface area contributed by atoms with Crippen LogP contribution in [-0.4, -0.2) is 12.6 Å². The summed E-state index contributed by atoms with van der Waals surface area (Å²) < 4.78 is 0. The van der Waals surface area contributed by atoms with E-state index in [0.717, 1.165) is 5.57 Å². The van der Waals surface area contributed by atoms with Gasteiger partial charge in [0.05, 0.1) is 0 Å². The van der Waals surface area contributed by atoms with Crippen molar-refractivity contribution < 1.29 is 0 Å². The number of benzene rings is 1. The minimum absolute atomic E-state index is 0.613. The highest BCUT2D eigenvalue weighted by Crippen LogP contribution is 2.25. The molecule has 0 spiro atoms. The Balaban J connectivity index is 2.11. The van der Waals surface area contributed by atoms with E-state index in [4.69, 9.17) is 0 Å². The molecule has 0 saturated carbocycles. The van der Waals surface area contributed by atoms with Crippen LogP contribution in [0.5, 0.6) is 0 Å². The molecule has 1 saturated heterocycles. The predicted octanol–water partition coefficient (Wildman–Crippen LogP) is 3.58. The zero-order chi connectivity index (χ0) is 11.5. The molecule has 2 rings (SSSR count). The Labute approximate surface area is 98.6 Å². The summed E-state index contributed by atoms with van der Waals surface area (Å²) in [5.41, 5.74) is 3.82. The van der Waals surface area contributed by atoms with E-state index in [9.17, 15) is 0 Å². The third-order valence-electron chi connectivity index (χ3n) is 3.63. The molecule has 1 nitrogen and oxygen atoms in total. The molecule has 1 fully saturated rings. The van der Waals surface area contributed by atoms with Crippen LogP contribution in [0.3, 0.4) is 0 Å². The molecule has 0 radical (unpaired) electrons. The average molecular weight is 215 g/mol. The summed E-state index contributed by atoms with van der Waals surface area (Å²) in [6, 6.07) is 9.52. The van der Waals surface area contributed by atoms with Crippen LogP contribution in [0.25, 0.3) is 5.57 Å². The summed E-state index contributed by atoms with van der Waals surface area (Å²) in [6.07, 6.45) is 2.63. The second kappa shape index (κ2) is 4.84. The van der Waals surface area contributed by atoms with Gasteiger partial charge >= 0.3 is 0 Å². The van der Waals surface area contributed by atoms with Gasteiger partial charge in [-0.1, -0.05) is 43.3 Å². The van der Waals surface area contributed by atoms with E-state index in [0.29, 0.717) is 12.0 Å². The second-order valence-corrected chi connectivity index (χ2v) is 4.89. The highest BCUT2D eigenvalue weighted by molar-refractivity contribution is 5.61. The largest absolute Gasteiger partial charge is 0.313 e. The van der Waals surface area contributed by atoms with Gasteiger partial charge in [0.25, 0.3) is 0 Å². The SMILES string of the molecule is C=C(C)c1ccc(C(C)C2CCCN2)cc1. The van der Waals surface area contributed by atoms with E-state index in [2.05, 4.69) is 50.0 Å². The number of nitrogens with one attached hydrogen (secondary N) is 1. The van der Waals surface area contributed by atoms with Gasteiger partial charge in [-0.2, -0.15) is 0 Å². The Kier molecular flexibility index (Phi) is 3.45. The lowest BCUT2D eigenvalue weighted by atomic mass is 9.91. The summed E-state index contributed by atoms with van der Waals surface area (Å²) >= 11 is 0. The Morgan fingerprint density at radius 2 is 2.06 bits per heavy atom. The first kappa shape index (κ1) is 11.4. The molecule has 1 aromatic rings. The van der Waals surface area contributed by atoms with Gasteiger partial charge in [0, 0.05) is 6.04 Å². The summed E-state index contributed by atoms with van der Waals surface area (Å²) in [5.74, 6) is 0.613. The number of hydrogen-bond donors (Lipinski definition) is 1. The predicted molar refractivity (Wildman–Crippen MR) is 70.6 cm³/mol. The van der Waals surface area contributed by atoms with E-state index in [1.165, 1.54) is 30.5 Å². The van der Waals surface area contributed by atoms with Crippen LogP contribution in [0, 0.1) is 0 Å². The van der Waals surface area contributed by atoms with Gasteiger partial charge in [0.1, 0.15) is 0 Å². The van der Waals surface area contributed by atoms with Crippen molar-refractivity contribution in [3.05, 3.63) is 42.0 Å². The first-order valence-corrected chi connectivity index (χ1v) is 6.17. The van der Waals surface area contributed by atoms with Crippen molar-refractivity contribution in [2.45, 2.75) is 38.6 Å². The van der Waals surface area contributed by atoms with E-state index in [1.54, 1.807) is 0 Å². The molecule has 0 aromatic heterocycles. The van der Waals surface area contributed by atoms with Crippen molar-refractivity contribution in [2.75, 3.05) is 6.54 Å². The maximum absolute atomic E-state index is 3.97. The fourth-order valence-corrected chi connectivity index (χ4v) is 2.44. The molecule has 1 N–H and O–H groups in total. The van der Waals surface area contributed by atoms with Crippen molar-refractivity contribution in [3.63, 3.8) is 0 Å². The van der Waals surface area contributed by atoms with Gasteiger partial charge in [0.2, 0.25) is 0 Å². The van der Waals surface area contributed by atoms with Gasteiger partial charge in [-0.05, 0) is 43.4 Å². The third kappa shape index (κ3) is 2.35. The average Bonchev–Trinajstić information content (AvgIpc) is 2.81. The standard InChI is InChI=1S/C15H21N/c1-11(2)13-6-8-14(9-7-13)12(3)15-5-4-10-16-15/h6-9,12,15-16H,1,4-5,10H2,2-3H3. The van der Waals surface area contributed by atoms with Crippen molar-refractivity contribution in [1.29, 1.82) is 0 Å². The maximum Gasteiger partial charge on any atom is 0.0134 e. The van der Waals surface area contributed by atoms with Crippen LogP contribution in [0.2, 0.25) is 0 Å². The second-order valence-electron chi connectivity index (χ2n) is 4.89. The van der Waals surface area contributed by atoms with Crippen LogP contribution in [0.1, 0.15) is 43.7 Å². The fraction of sp³-hybridized carbons (Fsp3) is 0.467. The lowest BCUT2D eigenvalue weighted by molar-refractivity contribution is 0.517. The van der Waals surface area contributed by atoms with E-state index < -0.39 is 0 Å². The molecular formula is C15H21N. The molecule has 0 amide bonds. The Hall–Kier alpha value is -1.08. The number of rotatable bonds is 3. The maximum atomic E-state index is 3.97. The van der Waals surface area contributed by atoms with Crippen LogP contribution >= 0.6 is 0 Å². The number of hydrogen-bond acceptors (Lipinski definition) is 1. The molecule has 1 aromatic carbocycles. The molecule has 0 bridgehead atoms. The monoisotopic (exact) mass is 215 g/mol. The Morgan fingerprint density at radius 1 is 1.38 bits per heavy atom. The molecule has 2 atom stereocenters. The topological polar surface area (TPSA) is 12.0 Å². The highest BCUT2D eigenvalue weighted by Gasteiger charge is 2.21. The molecule has 2 unspecified atom stereocenters. The highest BCUT2D eigenvalue weighted by atomic mass is 14.9. The summed E-state index contributed by atoms with van der Waals surface area (Å²) in [4.78, 5) is 0. The van der Waals surface area contributed by atoms with Crippen LogP contribution < -0.4 is 5.32 Å². The van der Waals surface area contributed by atoms with E-state index >= 15 is 0 Å². The lowest BCUT2D eigenvalue weighted by Gasteiger charge is -2.20. The van der Waals surface area contributed by atoms with Crippen LogP contribution in [0.4, 0.5) is 0 Å². The third-order valence-corrected chi connectivity index (χ3v) is 3.63. The lowest BCUT2D eigenvalue weighted by Crippen LogP contribution is -2.27. The summed E-state index contributed by atoms with van der Waals surface area (Å²) in [7, 11) is 0. The molecule has 86 valence electrons. The number of allylic oxidation sites excluding steroid dienone is 1. The zero-order valence-corrected chi connectivity index (χ0v) is 10.3. The minimum atomic E-state index is 0.613. The van der Waals surface area contributed by atoms with Crippen LogP contribution in [-0.2, 0) is 0 Å². The first-order chi connectivity index (χ1) is 7.68. The van der Waals surface area contributed by atoms with Gasteiger partial charge in [0.15, 0.2) is 0 Å². The summed E-state index contributed by atoms with van der Waals surface area (Å²) in [5, 5.41) is 3.57. The normalized spacial score (nSPS) is 22.0. The molecule has 1 heteroatoms. The Bertz CT molecular complexity index is 358. The van der Waals surface area contributed by atoms with Gasteiger partial charge in [-0.15, -0.1) is 0 Å². The fourth-order valence-electron chi connectivity index (χ4n) is 2.44. The quantitative estimate of drug-likeness (QED) is 0.812. The van der Waals surface area contributed by atoms with E-state index in [1.807, 2.05) is 0 Å². The van der Waals surface area contributed by atoms with Crippen LogP contribution in [0.15, 0.2) is 30.8 Å². The molecule has 1 aliphatic heterocycles. The van der Waals surface area contributed by atoms with Crippen molar-refractivity contribution in [2.24, 2.45) is 0 Å². The molecule has 1 heterocycles. The van der Waals surface area contributed by atoms with E-state index in [-0.39, 0.29) is 0 Å². The molecular weight excluding hydrogens is 194 g/mol. The molecule has 0 aliphatic carbocycles. The summed E-state index contributed by atoms with van der Waals surface area (Å²) in [6.45, 7) is 9.52. The zero-order valence-electron chi connectivity index (χ0n) is 10.3. The van der Waals surface area contributed by atoms with Gasteiger partial charge in [-0.25, -0.2) is 0 Å². The van der Waals surface area contributed by atoms with Gasteiger partial charge < -0.3 is 5.32 Å². The molecule has 1 aliphatic rings. The van der Waals surface area contributed by atoms with Crippen molar-refractivity contribution in [3.8, 4) is 0 Å². The first-order valence-electron chi connectivity index (χ1n) is 6.17. The molecule has 16 heavy (non-hydrogen) atoms. The van der Waals surface area contributed by atoms with Crippen molar-refractivity contribution >= 4 is 5.57 Å².